The molecule has 1 atom stereocenters. The zero-order valence-electron chi connectivity index (χ0n) is 11.1. The van der Waals surface area contributed by atoms with Crippen molar-refractivity contribution in [1.29, 1.82) is 0 Å². The first-order chi connectivity index (χ1) is 9.75. The third-order valence-electron chi connectivity index (χ3n) is 3.81. The normalized spacial score (nSPS) is 19.8. The molecule has 1 aliphatic rings. The Morgan fingerprint density at radius 3 is 3.00 bits per heavy atom. The van der Waals surface area contributed by atoms with Gasteiger partial charge in [-0.2, -0.15) is 0 Å². The van der Waals surface area contributed by atoms with Gasteiger partial charge in [0.1, 0.15) is 0 Å². The van der Waals surface area contributed by atoms with Crippen molar-refractivity contribution in [2.45, 2.75) is 25.3 Å². The first kappa shape index (κ1) is 13.9. The number of aromatic nitrogens is 2. The van der Waals surface area contributed by atoms with Gasteiger partial charge in [-0.15, -0.1) is 0 Å². The Labute approximate surface area is 128 Å². The van der Waals surface area contributed by atoms with Gasteiger partial charge in [-0.1, -0.05) is 23.2 Å². The maximum absolute atomic E-state index is 6.32. The van der Waals surface area contributed by atoms with Crippen molar-refractivity contribution in [3.05, 3.63) is 40.8 Å². The van der Waals surface area contributed by atoms with Crippen molar-refractivity contribution >= 4 is 23.2 Å². The van der Waals surface area contributed by atoms with Crippen molar-refractivity contribution in [1.82, 2.24) is 14.9 Å². The second-order valence-electron chi connectivity index (χ2n) is 5.15. The van der Waals surface area contributed by atoms with Crippen molar-refractivity contribution in [3.8, 4) is 11.3 Å². The molecule has 0 bridgehead atoms. The predicted molar refractivity (Wildman–Crippen MR) is 83.4 cm³/mol. The van der Waals surface area contributed by atoms with Crippen LogP contribution in [-0.2, 0) is 0 Å². The monoisotopic (exact) mass is 309 g/mol. The van der Waals surface area contributed by atoms with Gasteiger partial charge in [0.15, 0.2) is 0 Å². The lowest BCUT2D eigenvalue weighted by atomic mass is 10.1. The molecule has 0 saturated carbocycles. The highest BCUT2D eigenvalue weighted by Crippen LogP contribution is 2.33. The molecule has 3 nitrogen and oxygen atoms in total. The summed E-state index contributed by atoms with van der Waals surface area (Å²) in [6.45, 7) is 2.14. The van der Waals surface area contributed by atoms with Crippen molar-refractivity contribution < 1.29 is 0 Å². The largest absolute Gasteiger partial charge is 0.327 e. The van der Waals surface area contributed by atoms with Gasteiger partial charge in [0.05, 0.1) is 23.2 Å². The number of rotatable bonds is 2. The highest BCUT2D eigenvalue weighted by Gasteiger charge is 2.18. The van der Waals surface area contributed by atoms with E-state index in [1.807, 2.05) is 30.7 Å². The lowest BCUT2D eigenvalue weighted by Crippen LogP contribution is -2.15. The van der Waals surface area contributed by atoms with E-state index in [1.165, 1.54) is 6.42 Å². The second kappa shape index (κ2) is 6.17. The number of hydrogen-bond acceptors (Lipinski definition) is 2. The van der Waals surface area contributed by atoms with Crippen LogP contribution in [0.1, 0.15) is 25.3 Å². The first-order valence-corrected chi connectivity index (χ1v) is 7.69. The summed E-state index contributed by atoms with van der Waals surface area (Å²) in [5.74, 6) is 0. The van der Waals surface area contributed by atoms with Gasteiger partial charge < -0.3 is 9.88 Å². The molecule has 20 heavy (non-hydrogen) atoms. The summed E-state index contributed by atoms with van der Waals surface area (Å²) in [6.07, 6.45) is 7.24. The van der Waals surface area contributed by atoms with E-state index >= 15 is 0 Å². The van der Waals surface area contributed by atoms with Crippen LogP contribution in [-0.4, -0.2) is 22.6 Å². The molecule has 1 fully saturated rings. The summed E-state index contributed by atoms with van der Waals surface area (Å²) >= 11 is 12.4. The third-order valence-corrected chi connectivity index (χ3v) is 4.37. The van der Waals surface area contributed by atoms with E-state index in [9.17, 15) is 0 Å². The van der Waals surface area contributed by atoms with Gasteiger partial charge in [-0.3, -0.25) is 0 Å². The topological polar surface area (TPSA) is 29.9 Å². The minimum Gasteiger partial charge on any atom is -0.327 e. The maximum Gasteiger partial charge on any atom is 0.0953 e. The van der Waals surface area contributed by atoms with E-state index in [1.54, 1.807) is 0 Å². The molecule has 0 aliphatic carbocycles. The molecule has 1 aliphatic heterocycles. The van der Waals surface area contributed by atoms with Gasteiger partial charge in [0.25, 0.3) is 0 Å². The lowest BCUT2D eigenvalue weighted by Gasteiger charge is -2.19. The molecule has 1 aromatic carbocycles. The molecule has 2 heterocycles. The number of benzene rings is 1. The van der Waals surface area contributed by atoms with E-state index in [4.69, 9.17) is 23.2 Å². The van der Waals surface area contributed by atoms with Gasteiger partial charge >= 0.3 is 0 Å². The first-order valence-electron chi connectivity index (χ1n) is 6.93. The van der Waals surface area contributed by atoms with E-state index in [0.717, 1.165) is 37.2 Å². The Hall–Kier alpha value is -1.03. The van der Waals surface area contributed by atoms with Crippen LogP contribution in [0.3, 0.4) is 0 Å². The van der Waals surface area contributed by atoms with Crippen LogP contribution in [0.5, 0.6) is 0 Å². The average Bonchev–Trinajstić information content (AvgIpc) is 2.76. The SMILES string of the molecule is Clc1ccc(Cl)c(-c2cncn2C2CCCNCC2)c1. The van der Waals surface area contributed by atoms with Gasteiger partial charge in [-0.25, -0.2) is 4.98 Å². The quantitative estimate of drug-likeness (QED) is 0.902. The molecule has 0 amide bonds. The molecule has 1 saturated heterocycles. The van der Waals surface area contributed by atoms with Crippen molar-refractivity contribution in [2.75, 3.05) is 13.1 Å². The Bertz CT molecular complexity index is 587. The number of hydrogen-bond donors (Lipinski definition) is 1. The molecule has 1 unspecified atom stereocenters. The van der Waals surface area contributed by atoms with Crippen LogP contribution in [0.15, 0.2) is 30.7 Å². The summed E-state index contributed by atoms with van der Waals surface area (Å²) in [7, 11) is 0. The smallest absolute Gasteiger partial charge is 0.0953 e. The maximum atomic E-state index is 6.32. The molecular formula is C15H17Cl2N3. The summed E-state index contributed by atoms with van der Waals surface area (Å²) in [5, 5.41) is 4.84. The summed E-state index contributed by atoms with van der Waals surface area (Å²) in [5.41, 5.74) is 2.00. The molecule has 0 spiro atoms. The van der Waals surface area contributed by atoms with Crippen LogP contribution in [0.2, 0.25) is 10.0 Å². The molecular weight excluding hydrogens is 293 g/mol. The molecule has 1 N–H and O–H groups in total. The van der Waals surface area contributed by atoms with E-state index in [-0.39, 0.29) is 0 Å². The zero-order valence-corrected chi connectivity index (χ0v) is 12.7. The third kappa shape index (κ3) is 2.85. The molecule has 5 heteroatoms. The van der Waals surface area contributed by atoms with Gasteiger partial charge in [-0.05, 0) is 50.6 Å². The fourth-order valence-electron chi connectivity index (χ4n) is 2.78. The highest BCUT2D eigenvalue weighted by atomic mass is 35.5. The molecule has 2 aromatic rings. The van der Waals surface area contributed by atoms with Crippen molar-refractivity contribution in [2.24, 2.45) is 0 Å². The molecule has 3 rings (SSSR count). The summed E-state index contributed by atoms with van der Waals surface area (Å²) < 4.78 is 2.24. The van der Waals surface area contributed by atoms with E-state index < -0.39 is 0 Å². The number of imidazole rings is 1. The highest BCUT2D eigenvalue weighted by molar-refractivity contribution is 6.35. The predicted octanol–water partition coefficient (Wildman–Crippen LogP) is 4.17. The van der Waals surface area contributed by atoms with Crippen LogP contribution < -0.4 is 5.32 Å². The number of nitrogens with zero attached hydrogens (tertiary/aromatic N) is 2. The van der Waals surface area contributed by atoms with Crippen LogP contribution in [0, 0.1) is 0 Å². The number of nitrogens with one attached hydrogen (secondary N) is 1. The molecule has 0 radical (unpaired) electrons. The fraction of sp³-hybridized carbons (Fsp3) is 0.400. The Morgan fingerprint density at radius 2 is 2.10 bits per heavy atom. The lowest BCUT2D eigenvalue weighted by molar-refractivity contribution is 0.457. The molecule has 1 aromatic heterocycles. The Kier molecular flexibility index (Phi) is 4.29. The second-order valence-corrected chi connectivity index (χ2v) is 5.99. The molecule has 106 valence electrons. The number of halogens is 2. The van der Waals surface area contributed by atoms with Crippen LogP contribution in [0.4, 0.5) is 0 Å². The zero-order chi connectivity index (χ0) is 13.9. The Balaban J connectivity index is 1.98. The van der Waals surface area contributed by atoms with Gasteiger partial charge in [0.2, 0.25) is 0 Å². The fourth-order valence-corrected chi connectivity index (χ4v) is 3.16. The Morgan fingerprint density at radius 1 is 1.20 bits per heavy atom. The minimum absolute atomic E-state index is 0.470. The van der Waals surface area contributed by atoms with Crippen LogP contribution >= 0.6 is 23.2 Å². The van der Waals surface area contributed by atoms with E-state index in [0.29, 0.717) is 16.1 Å². The minimum atomic E-state index is 0.470. The average molecular weight is 310 g/mol. The van der Waals surface area contributed by atoms with Gasteiger partial charge in [0, 0.05) is 16.6 Å². The standard InChI is InChI=1S/C15H17Cl2N3/c16-11-3-4-14(17)13(8-11)15-9-19-10-20(15)12-2-1-6-18-7-5-12/h3-4,8-10,12,18H,1-2,5-7H2. The van der Waals surface area contributed by atoms with Crippen molar-refractivity contribution in [3.63, 3.8) is 0 Å². The summed E-state index contributed by atoms with van der Waals surface area (Å²) in [6, 6.07) is 6.03. The van der Waals surface area contributed by atoms with E-state index in [2.05, 4.69) is 14.9 Å². The summed E-state index contributed by atoms with van der Waals surface area (Å²) in [4.78, 5) is 4.32. The van der Waals surface area contributed by atoms with Crippen LogP contribution in [0.25, 0.3) is 11.3 Å².